The van der Waals surface area contributed by atoms with Crippen LogP contribution in [0.2, 0.25) is 0 Å². The predicted molar refractivity (Wildman–Crippen MR) is 86.4 cm³/mol. The molecular formula is C17H21NOS. The van der Waals surface area contributed by atoms with Crippen LogP contribution in [0.4, 0.5) is 0 Å². The Bertz CT molecular complexity index is 528. The van der Waals surface area contributed by atoms with Gasteiger partial charge in [0.15, 0.2) is 0 Å². The standard InChI is InChI=1S/C17H21NOS/c1-3-7-13(8-4-2)12-18-17(19)16-11-14-9-5-6-10-15(14)20-16/h3-4,7-8,11H,1,5-6,9-10,12H2,2H3,(H,18,19)/b8-4-,13-7+. The molecule has 106 valence electrons. The van der Waals surface area contributed by atoms with Crippen molar-refractivity contribution in [2.45, 2.75) is 32.6 Å². The van der Waals surface area contributed by atoms with Gasteiger partial charge in [0.05, 0.1) is 4.88 Å². The average Bonchev–Trinajstić information content (AvgIpc) is 2.89. The number of allylic oxidation sites excluding steroid dienone is 3. The van der Waals surface area contributed by atoms with Crippen LogP contribution in [0.25, 0.3) is 0 Å². The number of aryl methyl sites for hydroxylation is 2. The summed E-state index contributed by atoms with van der Waals surface area (Å²) < 4.78 is 0. The quantitative estimate of drug-likeness (QED) is 0.813. The summed E-state index contributed by atoms with van der Waals surface area (Å²) in [6.07, 6.45) is 12.4. The molecule has 0 aliphatic heterocycles. The normalized spacial score (nSPS) is 15.2. The Labute approximate surface area is 124 Å². The van der Waals surface area contributed by atoms with Gasteiger partial charge in [-0.25, -0.2) is 0 Å². The number of carbonyl (C=O) groups is 1. The minimum Gasteiger partial charge on any atom is -0.347 e. The van der Waals surface area contributed by atoms with Crippen LogP contribution in [-0.2, 0) is 12.8 Å². The van der Waals surface area contributed by atoms with E-state index < -0.39 is 0 Å². The molecule has 1 aromatic heterocycles. The van der Waals surface area contributed by atoms with Gasteiger partial charge in [-0.2, -0.15) is 0 Å². The van der Waals surface area contributed by atoms with Gasteiger partial charge >= 0.3 is 0 Å². The minimum atomic E-state index is 0.0314. The Morgan fingerprint density at radius 1 is 1.45 bits per heavy atom. The lowest BCUT2D eigenvalue weighted by Crippen LogP contribution is -2.24. The molecule has 0 saturated heterocycles. The largest absolute Gasteiger partial charge is 0.347 e. The third-order valence-corrected chi connectivity index (χ3v) is 4.62. The summed E-state index contributed by atoms with van der Waals surface area (Å²) in [5.41, 5.74) is 2.43. The number of rotatable bonds is 5. The molecule has 0 unspecified atom stereocenters. The summed E-state index contributed by atoms with van der Waals surface area (Å²) in [7, 11) is 0. The second-order valence-electron chi connectivity index (χ2n) is 4.93. The third kappa shape index (κ3) is 3.70. The van der Waals surface area contributed by atoms with Crippen molar-refractivity contribution >= 4 is 17.2 Å². The van der Waals surface area contributed by atoms with E-state index in [0.29, 0.717) is 6.54 Å². The number of amides is 1. The van der Waals surface area contributed by atoms with Crippen LogP contribution in [0, 0.1) is 0 Å². The highest BCUT2D eigenvalue weighted by atomic mass is 32.1. The fraction of sp³-hybridized carbons (Fsp3) is 0.353. The first-order valence-electron chi connectivity index (χ1n) is 7.08. The predicted octanol–water partition coefficient (Wildman–Crippen LogP) is 4.05. The number of carbonyl (C=O) groups excluding carboxylic acids is 1. The van der Waals surface area contributed by atoms with Gasteiger partial charge in [-0.3, -0.25) is 4.79 Å². The summed E-state index contributed by atoms with van der Waals surface area (Å²) >= 11 is 1.65. The lowest BCUT2D eigenvalue weighted by Gasteiger charge is -2.08. The molecule has 1 N–H and O–H groups in total. The second-order valence-corrected chi connectivity index (χ2v) is 6.06. The fourth-order valence-corrected chi connectivity index (χ4v) is 3.58. The number of hydrogen-bond donors (Lipinski definition) is 1. The van der Waals surface area contributed by atoms with E-state index >= 15 is 0 Å². The highest BCUT2D eigenvalue weighted by molar-refractivity contribution is 7.14. The van der Waals surface area contributed by atoms with E-state index in [1.807, 2.05) is 25.2 Å². The van der Waals surface area contributed by atoms with E-state index in [9.17, 15) is 4.79 Å². The maximum absolute atomic E-state index is 12.2. The lowest BCUT2D eigenvalue weighted by atomic mass is 9.99. The molecule has 0 radical (unpaired) electrons. The van der Waals surface area contributed by atoms with Crippen molar-refractivity contribution in [3.8, 4) is 0 Å². The smallest absolute Gasteiger partial charge is 0.261 e. The first-order valence-corrected chi connectivity index (χ1v) is 7.90. The van der Waals surface area contributed by atoms with Gasteiger partial charge in [0.2, 0.25) is 0 Å². The first-order chi connectivity index (χ1) is 9.74. The summed E-state index contributed by atoms with van der Waals surface area (Å²) in [4.78, 5) is 14.4. The fourth-order valence-electron chi connectivity index (χ4n) is 2.41. The molecular weight excluding hydrogens is 266 g/mol. The molecule has 1 heterocycles. The van der Waals surface area contributed by atoms with Crippen LogP contribution in [0.1, 0.15) is 39.9 Å². The van der Waals surface area contributed by atoms with E-state index in [0.717, 1.165) is 23.3 Å². The molecule has 20 heavy (non-hydrogen) atoms. The molecule has 3 heteroatoms. The van der Waals surface area contributed by atoms with Crippen LogP contribution in [-0.4, -0.2) is 12.5 Å². The average molecular weight is 287 g/mol. The van der Waals surface area contributed by atoms with Crippen molar-refractivity contribution in [3.63, 3.8) is 0 Å². The highest BCUT2D eigenvalue weighted by Gasteiger charge is 2.16. The van der Waals surface area contributed by atoms with Crippen molar-refractivity contribution in [2.75, 3.05) is 6.54 Å². The van der Waals surface area contributed by atoms with Gasteiger partial charge in [0.1, 0.15) is 0 Å². The lowest BCUT2D eigenvalue weighted by molar-refractivity contribution is 0.0961. The van der Waals surface area contributed by atoms with Crippen molar-refractivity contribution in [2.24, 2.45) is 0 Å². The zero-order chi connectivity index (χ0) is 14.4. The monoisotopic (exact) mass is 287 g/mol. The molecule has 1 aromatic rings. The van der Waals surface area contributed by atoms with Crippen molar-refractivity contribution < 1.29 is 4.79 Å². The van der Waals surface area contributed by atoms with Crippen molar-refractivity contribution in [1.29, 1.82) is 0 Å². The Hall–Kier alpha value is -1.61. The molecule has 0 aromatic carbocycles. The summed E-state index contributed by atoms with van der Waals surface area (Å²) in [5.74, 6) is 0.0314. The number of nitrogens with one attached hydrogen (secondary N) is 1. The molecule has 0 bridgehead atoms. The van der Waals surface area contributed by atoms with Crippen LogP contribution >= 0.6 is 11.3 Å². The Morgan fingerprint density at radius 2 is 2.25 bits per heavy atom. The molecule has 0 fully saturated rings. The minimum absolute atomic E-state index is 0.0314. The Balaban J connectivity index is 1.99. The van der Waals surface area contributed by atoms with Crippen molar-refractivity contribution in [3.05, 3.63) is 57.8 Å². The van der Waals surface area contributed by atoms with Gasteiger partial charge in [0.25, 0.3) is 5.91 Å². The molecule has 0 spiro atoms. The number of thiophene rings is 1. The van der Waals surface area contributed by atoms with Crippen LogP contribution in [0.15, 0.2) is 42.5 Å². The first kappa shape index (κ1) is 14.8. The Morgan fingerprint density at radius 3 is 2.95 bits per heavy atom. The summed E-state index contributed by atoms with van der Waals surface area (Å²) in [5, 5.41) is 2.98. The maximum Gasteiger partial charge on any atom is 0.261 e. The Kier molecular flexibility index (Phi) is 5.36. The van der Waals surface area contributed by atoms with Gasteiger partial charge in [-0.1, -0.05) is 30.9 Å². The third-order valence-electron chi connectivity index (χ3n) is 3.39. The van der Waals surface area contributed by atoms with E-state index in [1.54, 1.807) is 17.4 Å². The van der Waals surface area contributed by atoms with E-state index in [4.69, 9.17) is 0 Å². The van der Waals surface area contributed by atoms with Gasteiger partial charge in [-0.15, -0.1) is 11.3 Å². The van der Waals surface area contributed by atoms with Crippen molar-refractivity contribution in [1.82, 2.24) is 5.32 Å². The number of fused-ring (bicyclic) bond motifs is 1. The molecule has 0 saturated carbocycles. The van der Waals surface area contributed by atoms with Gasteiger partial charge in [-0.05, 0) is 49.8 Å². The van der Waals surface area contributed by atoms with Gasteiger partial charge in [0, 0.05) is 11.4 Å². The molecule has 2 nitrogen and oxygen atoms in total. The van der Waals surface area contributed by atoms with Crippen LogP contribution in [0.5, 0.6) is 0 Å². The SMILES string of the molecule is C=C/C=C(\C=C/C)CNC(=O)c1cc2c(s1)CCCC2. The maximum atomic E-state index is 12.2. The van der Waals surface area contributed by atoms with Crippen LogP contribution < -0.4 is 5.32 Å². The van der Waals surface area contributed by atoms with E-state index in [-0.39, 0.29) is 5.91 Å². The number of hydrogen-bond acceptors (Lipinski definition) is 2. The van der Waals surface area contributed by atoms with E-state index in [2.05, 4.69) is 18.0 Å². The zero-order valence-electron chi connectivity index (χ0n) is 11.9. The van der Waals surface area contributed by atoms with Crippen LogP contribution in [0.3, 0.4) is 0 Å². The molecule has 1 amide bonds. The molecule has 1 aliphatic carbocycles. The summed E-state index contributed by atoms with van der Waals surface area (Å²) in [6.45, 7) is 6.19. The zero-order valence-corrected chi connectivity index (χ0v) is 12.8. The topological polar surface area (TPSA) is 29.1 Å². The highest BCUT2D eigenvalue weighted by Crippen LogP contribution is 2.29. The molecule has 2 rings (SSSR count). The summed E-state index contributed by atoms with van der Waals surface area (Å²) in [6, 6.07) is 2.07. The second kappa shape index (κ2) is 7.25. The van der Waals surface area contributed by atoms with Gasteiger partial charge < -0.3 is 5.32 Å². The molecule has 1 aliphatic rings. The molecule has 0 atom stereocenters. The van der Waals surface area contributed by atoms with E-state index in [1.165, 1.54) is 23.3 Å².